The molecular weight excluding hydrogens is 654 g/mol. The molecule has 0 aliphatic carbocycles. The number of fused-ring (bicyclic) bond motifs is 2. The zero-order chi connectivity index (χ0) is 25.9. The Morgan fingerprint density at radius 1 is 1.36 bits per heavy atom. The first-order valence-electron chi connectivity index (χ1n) is 9.70. The lowest BCUT2D eigenvalue weighted by Gasteiger charge is -2.49. The lowest BCUT2D eigenvalue weighted by molar-refractivity contribution is -0.145. The second-order valence-electron chi connectivity index (χ2n) is 7.30. The summed E-state index contributed by atoms with van der Waals surface area (Å²) in [4.78, 5) is 57.0. The van der Waals surface area contributed by atoms with Crippen LogP contribution in [0.2, 0.25) is 4.34 Å². The maximum Gasteiger partial charge on any atom is 0.276 e. The first kappa shape index (κ1) is 25.7. The number of hydrogen-bond acceptors (Lipinski definition) is 12. The topological polar surface area (TPSA) is 155 Å². The van der Waals surface area contributed by atoms with E-state index in [-0.39, 0.29) is 32.0 Å². The molecule has 1 unspecified atom stereocenters. The molecule has 3 aromatic heterocycles. The van der Waals surface area contributed by atoms with Gasteiger partial charge in [0.25, 0.3) is 11.8 Å². The number of nitrogens with zero attached hydrogens (tertiary/aromatic N) is 3. The van der Waals surface area contributed by atoms with Crippen molar-refractivity contribution in [3.8, 4) is 0 Å². The number of thiophene rings is 1. The maximum absolute atomic E-state index is 13.1. The molecule has 5 heterocycles. The average Bonchev–Trinajstić information content (AvgIpc) is 3.45. The number of carbonyl (C=O) groups is 3. The van der Waals surface area contributed by atoms with Crippen LogP contribution in [0, 0.1) is 0 Å². The molecule has 2 aliphatic rings. The highest BCUT2D eigenvalue weighted by Gasteiger charge is 2.54. The third kappa shape index (κ3) is 4.08. The SMILES string of the molecule is Nc1nc(C(=NO)C(=O)NC2C(=O)N3C(C(=O)S)=C(c4sc5ccsc5c(=O)c4Br)CS[C@H]23)c(Cl)s1. The van der Waals surface area contributed by atoms with Crippen molar-refractivity contribution in [2.24, 2.45) is 5.16 Å². The van der Waals surface area contributed by atoms with Crippen molar-refractivity contribution in [3.05, 3.63) is 46.7 Å². The Bertz CT molecular complexity index is 1600. The molecule has 186 valence electrons. The number of nitrogen functional groups attached to an aromatic ring is 1. The van der Waals surface area contributed by atoms with E-state index in [9.17, 15) is 24.4 Å². The number of thiazole rings is 1. The number of amides is 2. The molecule has 1 saturated heterocycles. The predicted octanol–water partition coefficient (Wildman–Crippen LogP) is 3.22. The quantitative estimate of drug-likeness (QED) is 0.107. The van der Waals surface area contributed by atoms with Crippen molar-refractivity contribution in [3.63, 3.8) is 0 Å². The molecule has 10 nitrogen and oxygen atoms in total. The summed E-state index contributed by atoms with van der Waals surface area (Å²) in [5, 5.41) is 15.5. The summed E-state index contributed by atoms with van der Waals surface area (Å²) in [7, 11) is 0. The number of thiol groups is 1. The fourth-order valence-electron chi connectivity index (χ4n) is 3.76. The molecule has 2 amide bonds. The minimum atomic E-state index is -1.01. The van der Waals surface area contributed by atoms with E-state index in [1.165, 1.54) is 39.3 Å². The molecule has 1 fully saturated rings. The van der Waals surface area contributed by atoms with Crippen molar-refractivity contribution >= 4 is 129 Å². The Labute approximate surface area is 236 Å². The van der Waals surface area contributed by atoms with Crippen LogP contribution in [0.15, 0.2) is 31.6 Å². The van der Waals surface area contributed by atoms with Gasteiger partial charge in [-0.1, -0.05) is 40.7 Å². The van der Waals surface area contributed by atoms with E-state index >= 15 is 0 Å². The van der Waals surface area contributed by atoms with Gasteiger partial charge in [-0.05, 0) is 27.4 Å². The second-order valence-corrected chi connectivity index (χ2v) is 13.2. The van der Waals surface area contributed by atoms with E-state index in [1.54, 1.807) is 0 Å². The van der Waals surface area contributed by atoms with E-state index in [1.807, 2.05) is 11.4 Å². The summed E-state index contributed by atoms with van der Waals surface area (Å²) in [5.41, 5.74) is 5.33. The molecule has 5 rings (SSSR count). The van der Waals surface area contributed by atoms with Gasteiger partial charge in [0.1, 0.15) is 27.1 Å². The zero-order valence-corrected chi connectivity index (χ0v) is 23.9. The number of carbonyl (C=O) groups excluding carboxylic acids is 3. The normalized spacial score (nSPS) is 19.9. The monoisotopic (exact) mass is 663 g/mol. The molecule has 0 bridgehead atoms. The van der Waals surface area contributed by atoms with Crippen molar-refractivity contribution < 1.29 is 19.6 Å². The summed E-state index contributed by atoms with van der Waals surface area (Å²) in [5.74, 6) is -1.17. The Kier molecular flexibility index (Phi) is 6.95. The Balaban J connectivity index is 1.46. The highest BCUT2D eigenvalue weighted by atomic mass is 79.9. The van der Waals surface area contributed by atoms with E-state index in [2.05, 4.69) is 44.0 Å². The third-order valence-corrected chi connectivity index (χ3v) is 11.2. The number of β-lactam (4-membered cyclic amide) rings is 1. The van der Waals surface area contributed by atoms with Gasteiger partial charge in [0.15, 0.2) is 10.8 Å². The van der Waals surface area contributed by atoms with E-state index in [0.29, 0.717) is 19.6 Å². The Hall–Kier alpha value is -1.95. The number of halogens is 2. The van der Waals surface area contributed by atoms with Gasteiger partial charge in [-0.25, -0.2) is 4.98 Å². The van der Waals surface area contributed by atoms with Crippen LogP contribution < -0.4 is 16.5 Å². The fraction of sp³-hybridized carbons (Fsp3) is 0.158. The highest BCUT2D eigenvalue weighted by molar-refractivity contribution is 9.10. The number of rotatable bonds is 5. The van der Waals surface area contributed by atoms with Gasteiger partial charge in [-0.2, -0.15) is 0 Å². The van der Waals surface area contributed by atoms with Gasteiger partial charge in [0, 0.05) is 16.0 Å². The number of hydrogen-bond donors (Lipinski definition) is 4. The third-order valence-electron chi connectivity index (χ3n) is 5.32. The van der Waals surface area contributed by atoms with Gasteiger partial charge in [0.2, 0.25) is 10.5 Å². The maximum atomic E-state index is 13.1. The molecule has 3 aromatic rings. The first-order valence-corrected chi connectivity index (χ1v) is 14.9. The highest BCUT2D eigenvalue weighted by Crippen LogP contribution is 2.46. The Morgan fingerprint density at radius 2 is 2.11 bits per heavy atom. The van der Waals surface area contributed by atoms with Gasteiger partial charge >= 0.3 is 0 Å². The molecule has 2 atom stereocenters. The van der Waals surface area contributed by atoms with Crippen molar-refractivity contribution in [1.82, 2.24) is 15.2 Å². The van der Waals surface area contributed by atoms with E-state index in [0.717, 1.165) is 16.0 Å². The number of nitrogens with two attached hydrogens (primary N) is 1. The number of oxime groups is 1. The van der Waals surface area contributed by atoms with E-state index in [4.69, 9.17) is 17.3 Å². The van der Waals surface area contributed by atoms with Crippen LogP contribution in [0.25, 0.3) is 15.0 Å². The van der Waals surface area contributed by atoms with Crippen LogP contribution in [0.4, 0.5) is 5.13 Å². The van der Waals surface area contributed by atoms with Crippen molar-refractivity contribution in [1.29, 1.82) is 0 Å². The van der Waals surface area contributed by atoms with Crippen LogP contribution in [-0.2, 0) is 14.4 Å². The van der Waals surface area contributed by atoms with Crippen LogP contribution in [0.5, 0.6) is 0 Å². The van der Waals surface area contributed by atoms with Crippen LogP contribution in [0.1, 0.15) is 10.6 Å². The molecule has 0 radical (unpaired) electrons. The molecular formula is C19H11BrClN5O5S5. The molecule has 36 heavy (non-hydrogen) atoms. The molecule has 0 aromatic carbocycles. The molecule has 17 heteroatoms. The fourth-order valence-corrected chi connectivity index (χ4v) is 9.29. The van der Waals surface area contributed by atoms with E-state index < -0.39 is 34.1 Å². The summed E-state index contributed by atoms with van der Waals surface area (Å²) in [6.45, 7) is 0. The molecule has 4 N–H and O–H groups in total. The molecule has 0 spiro atoms. The van der Waals surface area contributed by atoms with Gasteiger partial charge in [-0.15, -0.1) is 34.4 Å². The Morgan fingerprint density at radius 3 is 2.75 bits per heavy atom. The smallest absolute Gasteiger partial charge is 0.276 e. The largest absolute Gasteiger partial charge is 0.410 e. The van der Waals surface area contributed by atoms with Crippen molar-refractivity contribution in [2.45, 2.75) is 11.4 Å². The number of aromatic nitrogens is 1. The van der Waals surface area contributed by atoms with Crippen LogP contribution >= 0.6 is 85.9 Å². The van der Waals surface area contributed by atoms with Crippen LogP contribution in [0.3, 0.4) is 0 Å². The van der Waals surface area contributed by atoms with Crippen molar-refractivity contribution in [2.75, 3.05) is 11.5 Å². The average molecular weight is 665 g/mol. The lowest BCUT2D eigenvalue weighted by atomic mass is 10.0. The summed E-state index contributed by atoms with van der Waals surface area (Å²) < 4.78 is 1.73. The lowest BCUT2D eigenvalue weighted by Crippen LogP contribution is -2.70. The second kappa shape index (κ2) is 9.74. The standard InChI is InChI=1S/C19H11BrClN5O5S5/c20-6-11(27)13-5(1-2-33-13)35-12(6)4-3-34-17-9(16(29)26(17)10(4)18(30)32)23-15(28)8(25-31)7-14(21)36-19(22)24-7/h1-2,9,17,31H,3H2,(H2,22,24)(H,23,28)(H,30,32)/t9?,17-/m1/s1. The number of thioether (sulfide) groups is 1. The number of anilines is 1. The van der Waals surface area contributed by atoms with Gasteiger partial charge < -0.3 is 16.3 Å². The minimum absolute atomic E-state index is 0.0479. The summed E-state index contributed by atoms with van der Waals surface area (Å²) >= 11 is 18.2. The van der Waals surface area contributed by atoms with Gasteiger partial charge in [-0.3, -0.25) is 24.1 Å². The molecule has 0 saturated carbocycles. The summed E-state index contributed by atoms with van der Waals surface area (Å²) in [6, 6.07) is 0.812. The predicted molar refractivity (Wildman–Crippen MR) is 149 cm³/mol. The first-order chi connectivity index (χ1) is 17.1. The zero-order valence-electron chi connectivity index (χ0n) is 17.4. The minimum Gasteiger partial charge on any atom is -0.410 e. The summed E-state index contributed by atoms with van der Waals surface area (Å²) in [6.07, 6.45) is 0. The van der Waals surface area contributed by atoms with Gasteiger partial charge in [0.05, 0.1) is 14.0 Å². The van der Waals surface area contributed by atoms with Crippen LogP contribution in [-0.4, -0.2) is 54.9 Å². The number of nitrogens with one attached hydrogen (secondary N) is 1. The molecule has 2 aliphatic heterocycles.